The Hall–Kier alpha value is -2.15. The molecule has 2 aromatic heterocycles. The molecule has 0 aliphatic carbocycles. The maximum Gasteiger partial charge on any atom is 0.258 e. The lowest BCUT2D eigenvalue weighted by atomic mass is 10.1. The molecule has 2 N–H and O–H groups in total. The van der Waals surface area contributed by atoms with Gasteiger partial charge in [0.15, 0.2) is 5.65 Å². The Morgan fingerprint density at radius 1 is 1.35 bits per heavy atom. The Balaban J connectivity index is 2.11. The average Bonchev–Trinajstić information content (AvgIpc) is 2.79. The minimum absolute atomic E-state index is 0.180. The molecule has 0 amide bonds. The molecule has 1 aromatic carbocycles. The smallest absolute Gasteiger partial charge is 0.258 e. The third kappa shape index (κ3) is 2.09. The van der Waals surface area contributed by atoms with Crippen LogP contribution in [0.15, 0.2) is 39.7 Å². The maximum atomic E-state index is 12.9. The summed E-state index contributed by atoms with van der Waals surface area (Å²) in [5.41, 5.74) is 0.883. The van der Waals surface area contributed by atoms with Gasteiger partial charge in [-0.25, -0.2) is 4.39 Å². The van der Waals surface area contributed by atoms with Gasteiger partial charge in [-0.05, 0) is 33.6 Å². The highest BCUT2D eigenvalue weighted by Crippen LogP contribution is 2.22. The van der Waals surface area contributed by atoms with Crippen LogP contribution in [0.4, 0.5) is 4.39 Å². The quantitative estimate of drug-likeness (QED) is 0.753. The van der Waals surface area contributed by atoms with Crippen molar-refractivity contribution in [3.8, 4) is 5.88 Å². The first-order valence-electron chi connectivity index (χ1n) is 5.78. The summed E-state index contributed by atoms with van der Waals surface area (Å²) in [7, 11) is 0. The summed E-state index contributed by atoms with van der Waals surface area (Å²) in [4.78, 5) is 14.7. The van der Waals surface area contributed by atoms with Gasteiger partial charge in [0.1, 0.15) is 5.82 Å². The van der Waals surface area contributed by atoms with Crippen LogP contribution in [0.3, 0.4) is 0 Å². The topological polar surface area (TPSA) is 70.4 Å². The van der Waals surface area contributed by atoms with Gasteiger partial charge in [-0.3, -0.25) is 4.79 Å². The van der Waals surface area contributed by atoms with Crippen LogP contribution in [-0.2, 0) is 6.42 Å². The van der Waals surface area contributed by atoms with Crippen molar-refractivity contribution in [1.29, 1.82) is 0 Å². The molecule has 0 spiro atoms. The highest BCUT2D eigenvalue weighted by molar-refractivity contribution is 9.10. The third-order valence-electron chi connectivity index (χ3n) is 3.00. The lowest BCUT2D eigenvalue weighted by Gasteiger charge is -2.06. The minimum atomic E-state index is -0.402. The third-order valence-corrected chi connectivity index (χ3v) is 3.58. The molecule has 102 valence electrons. The molecule has 2 heterocycles. The molecular formula is C13H9BrFN3O2. The second-order valence-electron chi connectivity index (χ2n) is 4.31. The number of halogens is 2. The van der Waals surface area contributed by atoms with E-state index in [1.54, 1.807) is 12.1 Å². The van der Waals surface area contributed by atoms with Crippen LogP contribution in [0, 0.1) is 5.82 Å². The van der Waals surface area contributed by atoms with Crippen molar-refractivity contribution >= 4 is 21.6 Å². The first kappa shape index (κ1) is 12.9. The second-order valence-corrected chi connectivity index (χ2v) is 5.17. The van der Waals surface area contributed by atoms with Crippen LogP contribution in [0.2, 0.25) is 0 Å². The van der Waals surface area contributed by atoms with Crippen LogP contribution >= 0.6 is 15.9 Å². The van der Waals surface area contributed by atoms with Gasteiger partial charge in [0.25, 0.3) is 5.56 Å². The number of rotatable bonds is 2. The fourth-order valence-electron chi connectivity index (χ4n) is 1.98. The van der Waals surface area contributed by atoms with Crippen molar-refractivity contribution in [2.24, 2.45) is 0 Å². The van der Waals surface area contributed by atoms with E-state index < -0.39 is 5.56 Å². The summed E-state index contributed by atoms with van der Waals surface area (Å²) < 4.78 is 14.7. The standard InChI is InChI=1S/C13H9BrFN3O2/c14-10-6-16-18-11(10)17-12(19)9(13(18)20)5-7-1-3-8(15)4-2-7/h1-4,6,20H,5H2,(H,17,19). The van der Waals surface area contributed by atoms with Crippen LogP contribution in [-0.4, -0.2) is 19.7 Å². The molecule has 0 saturated heterocycles. The van der Waals surface area contributed by atoms with E-state index in [0.717, 1.165) is 5.56 Å². The first-order chi connectivity index (χ1) is 9.56. The Bertz CT molecular complexity index is 839. The van der Waals surface area contributed by atoms with E-state index in [2.05, 4.69) is 26.0 Å². The molecule has 0 saturated carbocycles. The monoisotopic (exact) mass is 337 g/mol. The Labute approximate surface area is 120 Å². The van der Waals surface area contributed by atoms with Crippen molar-refractivity contribution < 1.29 is 9.50 Å². The van der Waals surface area contributed by atoms with Crippen molar-refractivity contribution in [2.75, 3.05) is 0 Å². The van der Waals surface area contributed by atoms with Crippen LogP contribution in [0.25, 0.3) is 5.65 Å². The van der Waals surface area contributed by atoms with E-state index in [1.165, 1.54) is 22.8 Å². The lowest BCUT2D eigenvalue weighted by molar-refractivity contribution is 0.427. The number of nitrogens with zero attached hydrogens (tertiary/aromatic N) is 2. The summed E-state index contributed by atoms with van der Waals surface area (Å²) in [5.74, 6) is -0.572. The van der Waals surface area contributed by atoms with Gasteiger partial charge >= 0.3 is 0 Å². The number of benzene rings is 1. The predicted octanol–water partition coefficient (Wildman–Crippen LogP) is 2.22. The fourth-order valence-corrected chi connectivity index (χ4v) is 2.34. The molecule has 3 rings (SSSR count). The van der Waals surface area contributed by atoms with Gasteiger partial charge in [0.2, 0.25) is 5.88 Å². The normalized spacial score (nSPS) is 11.1. The molecule has 0 fully saturated rings. The van der Waals surface area contributed by atoms with E-state index in [1.807, 2.05) is 0 Å². The van der Waals surface area contributed by atoms with Crippen molar-refractivity contribution in [3.05, 3.63) is 62.2 Å². The zero-order valence-corrected chi connectivity index (χ0v) is 11.7. The Morgan fingerprint density at radius 3 is 2.75 bits per heavy atom. The highest BCUT2D eigenvalue weighted by Gasteiger charge is 2.15. The maximum absolute atomic E-state index is 12.9. The van der Waals surface area contributed by atoms with Crippen LogP contribution in [0.1, 0.15) is 11.1 Å². The Kier molecular flexibility index (Phi) is 3.06. The number of aromatic amines is 1. The summed E-state index contributed by atoms with van der Waals surface area (Å²) in [5, 5.41) is 14.1. The SMILES string of the molecule is O=c1[nH]c2c(Br)cnn2c(O)c1Cc1ccc(F)cc1. The second kappa shape index (κ2) is 4.75. The summed E-state index contributed by atoms with van der Waals surface area (Å²) in [6.07, 6.45) is 1.67. The number of H-pyrrole nitrogens is 1. The van der Waals surface area contributed by atoms with Gasteiger partial charge in [-0.15, -0.1) is 0 Å². The van der Waals surface area contributed by atoms with E-state index in [-0.39, 0.29) is 23.7 Å². The number of hydrogen-bond acceptors (Lipinski definition) is 3. The number of aromatic nitrogens is 3. The van der Waals surface area contributed by atoms with E-state index in [0.29, 0.717) is 10.1 Å². The Morgan fingerprint density at radius 2 is 2.05 bits per heavy atom. The van der Waals surface area contributed by atoms with Gasteiger partial charge in [0, 0.05) is 6.42 Å². The van der Waals surface area contributed by atoms with Gasteiger partial charge in [0.05, 0.1) is 16.2 Å². The number of aromatic hydroxyl groups is 1. The fraction of sp³-hybridized carbons (Fsp3) is 0.0769. The molecule has 0 bridgehead atoms. The molecule has 0 unspecified atom stereocenters. The number of fused-ring (bicyclic) bond motifs is 1. The number of hydrogen-bond donors (Lipinski definition) is 2. The number of nitrogens with one attached hydrogen (secondary N) is 1. The molecule has 0 atom stereocenters. The van der Waals surface area contributed by atoms with Crippen molar-refractivity contribution in [3.63, 3.8) is 0 Å². The highest BCUT2D eigenvalue weighted by atomic mass is 79.9. The molecule has 0 radical (unpaired) electrons. The lowest BCUT2D eigenvalue weighted by Crippen LogP contribution is -2.16. The largest absolute Gasteiger partial charge is 0.493 e. The molecular weight excluding hydrogens is 329 g/mol. The first-order valence-corrected chi connectivity index (χ1v) is 6.57. The molecule has 3 aromatic rings. The molecule has 5 nitrogen and oxygen atoms in total. The van der Waals surface area contributed by atoms with E-state index >= 15 is 0 Å². The molecule has 0 aliphatic rings. The van der Waals surface area contributed by atoms with Gasteiger partial charge < -0.3 is 10.1 Å². The average molecular weight is 338 g/mol. The van der Waals surface area contributed by atoms with Crippen molar-refractivity contribution in [2.45, 2.75) is 6.42 Å². The van der Waals surface area contributed by atoms with Gasteiger partial charge in [-0.2, -0.15) is 9.61 Å². The van der Waals surface area contributed by atoms with E-state index in [4.69, 9.17) is 0 Å². The van der Waals surface area contributed by atoms with Crippen molar-refractivity contribution in [1.82, 2.24) is 14.6 Å². The molecule has 20 heavy (non-hydrogen) atoms. The van der Waals surface area contributed by atoms with Gasteiger partial charge in [-0.1, -0.05) is 12.1 Å². The molecule has 7 heteroatoms. The molecule has 0 aliphatic heterocycles. The zero-order chi connectivity index (χ0) is 14.3. The van der Waals surface area contributed by atoms with E-state index in [9.17, 15) is 14.3 Å². The summed E-state index contributed by atoms with van der Waals surface area (Å²) >= 11 is 3.23. The predicted molar refractivity (Wildman–Crippen MR) is 74.4 cm³/mol. The summed E-state index contributed by atoms with van der Waals surface area (Å²) in [6, 6.07) is 5.75. The zero-order valence-electron chi connectivity index (χ0n) is 10.1. The van der Waals surface area contributed by atoms with Crippen LogP contribution in [0.5, 0.6) is 5.88 Å². The summed E-state index contributed by atoms with van der Waals surface area (Å²) in [6.45, 7) is 0. The minimum Gasteiger partial charge on any atom is -0.493 e. The van der Waals surface area contributed by atoms with Crippen LogP contribution < -0.4 is 5.56 Å².